The van der Waals surface area contributed by atoms with Gasteiger partial charge in [0.2, 0.25) is 5.95 Å². The molecule has 0 N–H and O–H groups in total. The van der Waals surface area contributed by atoms with Gasteiger partial charge in [0.05, 0.1) is 0 Å². The number of hydrogen-bond donors (Lipinski definition) is 0. The van der Waals surface area contributed by atoms with Crippen LogP contribution in [0, 0.1) is 6.92 Å². The molecule has 0 saturated carbocycles. The van der Waals surface area contributed by atoms with Crippen LogP contribution in [0.25, 0.3) is 0 Å². The van der Waals surface area contributed by atoms with Gasteiger partial charge in [0.1, 0.15) is 11.6 Å². The van der Waals surface area contributed by atoms with E-state index in [1.54, 1.807) is 0 Å². The van der Waals surface area contributed by atoms with E-state index in [1.807, 2.05) is 26.5 Å². The monoisotopic (exact) mass is 371 g/mol. The van der Waals surface area contributed by atoms with E-state index < -0.39 is 0 Å². The van der Waals surface area contributed by atoms with Crippen molar-refractivity contribution >= 4 is 11.8 Å². The number of piperidine rings is 1. The summed E-state index contributed by atoms with van der Waals surface area (Å²) in [5.74, 6) is 3.46. The van der Waals surface area contributed by atoms with E-state index in [0.717, 1.165) is 56.4 Å². The molecule has 0 radical (unpaired) electrons. The third-order valence-electron chi connectivity index (χ3n) is 5.18. The maximum atomic E-state index is 4.81. The van der Waals surface area contributed by atoms with Gasteiger partial charge in [-0.1, -0.05) is 0 Å². The fourth-order valence-corrected chi connectivity index (χ4v) is 3.83. The molecule has 148 valence electrons. The zero-order valence-corrected chi connectivity index (χ0v) is 17.4. The zero-order chi connectivity index (χ0) is 19.4. The van der Waals surface area contributed by atoms with Crippen molar-refractivity contribution in [1.82, 2.24) is 24.4 Å². The van der Waals surface area contributed by atoms with Crippen LogP contribution in [0.3, 0.4) is 0 Å². The fraction of sp³-hybridized carbons (Fsp3) is 0.650. The highest BCUT2D eigenvalue weighted by atomic mass is 15.3. The molecule has 27 heavy (non-hydrogen) atoms. The lowest BCUT2D eigenvalue weighted by molar-refractivity contribution is 0.380. The predicted molar refractivity (Wildman–Crippen MR) is 111 cm³/mol. The molecule has 0 aliphatic carbocycles. The normalized spacial score (nSPS) is 17.6. The summed E-state index contributed by atoms with van der Waals surface area (Å²) in [7, 11) is 8.31. The average Bonchev–Trinajstić information content (AvgIpc) is 3.10. The minimum Gasteiger partial charge on any atom is -0.362 e. The maximum absolute atomic E-state index is 4.81. The van der Waals surface area contributed by atoms with E-state index in [1.165, 1.54) is 12.2 Å². The summed E-state index contributed by atoms with van der Waals surface area (Å²) in [6.07, 6.45) is 9.45. The van der Waals surface area contributed by atoms with Crippen LogP contribution in [0.4, 0.5) is 11.8 Å². The number of hydrogen-bond acceptors (Lipinski definition) is 6. The molecule has 0 bridgehead atoms. The van der Waals surface area contributed by atoms with Crippen LogP contribution in [0.1, 0.15) is 36.6 Å². The second-order valence-electron chi connectivity index (χ2n) is 7.99. The van der Waals surface area contributed by atoms with Gasteiger partial charge in [-0.2, -0.15) is 4.98 Å². The van der Waals surface area contributed by atoms with E-state index in [2.05, 4.69) is 51.5 Å². The average molecular weight is 372 g/mol. The smallest absolute Gasteiger partial charge is 0.227 e. The number of aromatic nitrogens is 4. The summed E-state index contributed by atoms with van der Waals surface area (Å²) < 4.78 is 2.33. The minimum absolute atomic E-state index is 0.431. The van der Waals surface area contributed by atoms with E-state index in [9.17, 15) is 0 Å². The molecule has 1 aliphatic rings. The van der Waals surface area contributed by atoms with Crippen LogP contribution in [0.5, 0.6) is 0 Å². The Kier molecular flexibility index (Phi) is 6.31. The molecule has 1 saturated heterocycles. The van der Waals surface area contributed by atoms with Crippen LogP contribution in [0.2, 0.25) is 0 Å². The first kappa shape index (κ1) is 19.6. The van der Waals surface area contributed by atoms with Crippen molar-refractivity contribution in [2.75, 3.05) is 57.6 Å². The third kappa shape index (κ3) is 4.77. The Hall–Kier alpha value is -2.15. The summed E-state index contributed by atoms with van der Waals surface area (Å²) in [5.41, 5.74) is 1.11. The number of anilines is 2. The van der Waals surface area contributed by atoms with E-state index in [-0.39, 0.29) is 0 Å². The van der Waals surface area contributed by atoms with Gasteiger partial charge >= 0.3 is 0 Å². The van der Waals surface area contributed by atoms with Gasteiger partial charge in [-0.3, -0.25) is 0 Å². The van der Waals surface area contributed by atoms with E-state index in [0.29, 0.717) is 5.92 Å². The molecule has 3 rings (SSSR count). The Morgan fingerprint density at radius 2 is 2.00 bits per heavy atom. The molecule has 0 unspecified atom stereocenters. The molecule has 7 nitrogen and oxygen atoms in total. The van der Waals surface area contributed by atoms with Crippen LogP contribution in [0.15, 0.2) is 18.6 Å². The highest BCUT2D eigenvalue weighted by Crippen LogP contribution is 2.29. The molecule has 1 atom stereocenters. The number of aryl methyl sites for hydroxylation is 2. The largest absolute Gasteiger partial charge is 0.362 e. The molecule has 3 heterocycles. The van der Waals surface area contributed by atoms with Crippen molar-refractivity contribution in [3.05, 3.63) is 30.0 Å². The number of nitrogens with zero attached hydrogens (tertiary/aromatic N) is 7. The topological polar surface area (TPSA) is 53.3 Å². The van der Waals surface area contributed by atoms with Crippen LogP contribution < -0.4 is 9.80 Å². The summed E-state index contributed by atoms with van der Waals surface area (Å²) in [4.78, 5) is 20.7. The molecule has 0 aromatic carbocycles. The third-order valence-corrected chi connectivity index (χ3v) is 5.18. The number of rotatable bonds is 7. The standard InChI is InChI=1S/C20H33N7/c1-16-14-22-20(23-18(16)25(4)5)27-11-6-8-17(15-27)19-21-9-13-26(19)12-7-10-24(2)3/h9,13-14,17H,6-8,10-12,15H2,1-5H3/t17-/m1/s1. The molecule has 1 fully saturated rings. The Balaban J connectivity index is 1.72. The zero-order valence-electron chi connectivity index (χ0n) is 17.4. The molecule has 2 aromatic heterocycles. The molecule has 2 aromatic rings. The summed E-state index contributed by atoms with van der Waals surface area (Å²) in [6, 6.07) is 0. The van der Waals surface area contributed by atoms with Crippen LogP contribution >= 0.6 is 0 Å². The first-order valence-electron chi connectivity index (χ1n) is 9.87. The van der Waals surface area contributed by atoms with Crippen molar-refractivity contribution in [3.8, 4) is 0 Å². The van der Waals surface area contributed by atoms with Crippen molar-refractivity contribution < 1.29 is 0 Å². The van der Waals surface area contributed by atoms with Gasteiger partial charge in [-0.25, -0.2) is 9.97 Å². The lowest BCUT2D eigenvalue weighted by Crippen LogP contribution is -2.36. The Bertz CT molecular complexity index is 738. The molecule has 1 aliphatic heterocycles. The Labute approximate surface area is 163 Å². The van der Waals surface area contributed by atoms with Crippen molar-refractivity contribution in [3.63, 3.8) is 0 Å². The predicted octanol–water partition coefficient (Wildman–Crippen LogP) is 2.38. The molecule has 0 amide bonds. The van der Waals surface area contributed by atoms with Gasteiger partial charge < -0.3 is 19.3 Å². The molecule has 0 spiro atoms. The van der Waals surface area contributed by atoms with E-state index in [4.69, 9.17) is 9.97 Å². The first-order chi connectivity index (χ1) is 13.0. The van der Waals surface area contributed by atoms with Crippen LogP contribution in [-0.4, -0.2) is 72.2 Å². The fourth-order valence-electron chi connectivity index (χ4n) is 3.83. The van der Waals surface area contributed by atoms with Gasteiger partial charge in [0.25, 0.3) is 0 Å². The first-order valence-corrected chi connectivity index (χ1v) is 9.87. The lowest BCUT2D eigenvalue weighted by atomic mass is 9.97. The number of imidazole rings is 1. The quantitative estimate of drug-likeness (QED) is 0.745. The Morgan fingerprint density at radius 3 is 2.74 bits per heavy atom. The summed E-state index contributed by atoms with van der Waals surface area (Å²) in [5, 5.41) is 0. The van der Waals surface area contributed by atoms with Gasteiger partial charge in [0, 0.05) is 63.8 Å². The highest BCUT2D eigenvalue weighted by molar-refractivity contribution is 5.48. The van der Waals surface area contributed by atoms with Gasteiger partial charge in [-0.05, 0) is 46.8 Å². The molecular formula is C20H33N7. The molecule has 7 heteroatoms. The Morgan fingerprint density at radius 1 is 1.19 bits per heavy atom. The van der Waals surface area contributed by atoms with Crippen molar-refractivity contribution in [2.24, 2.45) is 0 Å². The summed E-state index contributed by atoms with van der Waals surface area (Å²) in [6.45, 7) is 6.12. The minimum atomic E-state index is 0.431. The van der Waals surface area contributed by atoms with Crippen molar-refractivity contribution in [1.29, 1.82) is 0 Å². The van der Waals surface area contributed by atoms with Crippen molar-refractivity contribution in [2.45, 2.75) is 38.6 Å². The maximum Gasteiger partial charge on any atom is 0.227 e. The lowest BCUT2D eigenvalue weighted by Gasteiger charge is -2.33. The molecular weight excluding hydrogens is 338 g/mol. The van der Waals surface area contributed by atoms with Gasteiger partial charge in [-0.15, -0.1) is 0 Å². The SMILES string of the molecule is Cc1cnc(N2CCC[C@@H](c3nccn3CCCN(C)C)C2)nc1N(C)C. The van der Waals surface area contributed by atoms with E-state index >= 15 is 0 Å². The summed E-state index contributed by atoms with van der Waals surface area (Å²) >= 11 is 0. The second-order valence-corrected chi connectivity index (χ2v) is 7.99. The van der Waals surface area contributed by atoms with Crippen LogP contribution in [-0.2, 0) is 6.54 Å². The van der Waals surface area contributed by atoms with Gasteiger partial charge in [0.15, 0.2) is 0 Å². The second kappa shape index (κ2) is 8.69. The highest BCUT2D eigenvalue weighted by Gasteiger charge is 2.26.